The fraction of sp³-hybridized carbons (Fsp3) is 0.600. The van der Waals surface area contributed by atoms with Gasteiger partial charge in [-0.3, -0.25) is 0 Å². The van der Waals surface area contributed by atoms with Gasteiger partial charge in [-0.25, -0.2) is 8.42 Å². The van der Waals surface area contributed by atoms with E-state index in [9.17, 15) is 8.42 Å². The van der Waals surface area contributed by atoms with Gasteiger partial charge >= 0.3 is 0 Å². The Morgan fingerprint density at radius 3 is 2.31 bits per heavy atom. The summed E-state index contributed by atoms with van der Waals surface area (Å²) in [5.41, 5.74) is 6.51. The maximum absolute atomic E-state index is 12.2. The molecule has 1 aromatic heterocycles. The van der Waals surface area contributed by atoms with Crippen molar-refractivity contribution in [2.75, 3.05) is 13.1 Å². The van der Waals surface area contributed by atoms with E-state index in [0.717, 1.165) is 10.4 Å². The Morgan fingerprint density at radius 2 is 1.94 bits per heavy atom. The van der Waals surface area contributed by atoms with E-state index in [4.69, 9.17) is 5.73 Å². The van der Waals surface area contributed by atoms with Gasteiger partial charge in [0, 0.05) is 24.5 Å². The van der Waals surface area contributed by atoms with Crippen LogP contribution in [0.4, 0.5) is 0 Å². The zero-order valence-corrected chi connectivity index (χ0v) is 11.5. The molecule has 0 radical (unpaired) electrons. The third kappa shape index (κ3) is 2.45. The van der Waals surface area contributed by atoms with Crippen molar-refractivity contribution in [3.05, 3.63) is 16.5 Å². The summed E-state index contributed by atoms with van der Waals surface area (Å²) >= 11 is 1.27. The molecule has 0 unspecified atom stereocenters. The number of rotatable bonds is 5. The Labute approximate surface area is 101 Å². The van der Waals surface area contributed by atoms with Gasteiger partial charge in [0.15, 0.2) is 0 Å². The Balaban J connectivity index is 3.16. The molecule has 0 atom stereocenters. The highest BCUT2D eigenvalue weighted by molar-refractivity contribution is 7.91. The van der Waals surface area contributed by atoms with Crippen molar-refractivity contribution in [2.45, 2.75) is 31.5 Å². The smallest absolute Gasteiger partial charge is 0.252 e. The molecule has 16 heavy (non-hydrogen) atoms. The van der Waals surface area contributed by atoms with Crippen LogP contribution in [0.3, 0.4) is 0 Å². The van der Waals surface area contributed by atoms with E-state index in [1.165, 1.54) is 15.6 Å². The van der Waals surface area contributed by atoms with Crippen molar-refractivity contribution in [1.82, 2.24) is 4.31 Å². The lowest BCUT2D eigenvalue weighted by Gasteiger charge is -2.16. The van der Waals surface area contributed by atoms with Crippen LogP contribution in [0.1, 0.15) is 24.3 Å². The second-order valence-electron chi connectivity index (χ2n) is 3.47. The fourth-order valence-corrected chi connectivity index (χ4v) is 4.59. The first kappa shape index (κ1) is 13.6. The first-order valence-corrected chi connectivity index (χ1v) is 7.52. The quantitative estimate of drug-likeness (QED) is 0.875. The largest absolute Gasteiger partial charge is 0.326 e. The molecule has 0 bridgehead atoms. The second kappa shape index (κ2) is 5.27. The highest BCUT2D eigenvalue weighted by atomic mass is 32.2. The maximum Gasteiger partial charge on any atom is 0.252 e. The molecule has 0 aliphatic heterocycles. The molecular formula is C10H18N2O2S2. The Hall–Kier alpha value is -0.430. The molecule has 0 spiro atoms. The van der Waals surface area contributed by atoms with Crippen LogP contribution in [-0.4, -0.2) is 25.8 Å². The molecule has 4 nitrogen and oxygen atoms in total. The Bertz CT molecular complexity index is 447. The van der Waals surface area contributed by atoms with Gasteiger partial charge in [-0.2, -0.15) is 4.31 Å². The van der Waals surface area contributed by atoms with Gasteiger partial charge in [0.1, 0.15) is 4.21 Å². The summed E-state index contributed by atoms with van der Waals surface area (Å²) in [6.45, 7) is 6.95. The highest BCUT2D eigenvalue weighted by Gasteiger charge is 2.24. The van der Waals surface area contributed by atoms with Gasteiger partial charge in [0.05, 0.1) is 0 Å². The number of sulfonamides is 1. The molecule has 92 valence electrons. The van der Waals surface area contributed by atoms with Crippen molar-refractivity contribution in [3.8, 4) is 0 Å². The molecule has 0 saturated heterocycles. The van der Waals surface area contributed by atoms with Crippen LogP contribution in [-0.2, 0) is 16.6 Å². The zero-order valence-electron chi connectivity index (χ0n) is 9.86. The lowest BCUT2D eigenvalue weighted by molar-refractivity contribution is 0.447. The minimum atomic E-state index is -3.32. The van der Waals surface area contributed by atoms with Crippen LogP contribution in [0.2, 0.25) is 0 Å². The van der Waals surface area contributed by atoms with Crippen LogP contribution in [0.5, 0.6) is 0 Å². The molecule has 2 N–H and O–H groups in total. The molecule has 0 saturated carbocycles. The summed E-state index contributed by atoms with van der Waals surface area (Å²) < 4.78 is 26.2. The predicted molar refractivity (Wildman–Crippen MR) is 67.1 cm³/mol. The molecule has 0 aliphatic carbocycles. The average molecular weight is 262 g/mol. The maximum atomic E-state index is 12.2. The van der Waals surface area contributed by atoms with E-state index < -0.39 is 10.0 Å². The van der Waals surface area contributed by atoms with E-state index in [1.807, 2.05) is 20.8 Å². The van der Waals surface area contributed by atoms with Crippen molar-refractivity contribution in [2.24, 2.45) is 5.73 Å². The van der Waals surface area contributed by atoms with Crippen LogP contribution in [0.25, 0.3) is 0 Å². The topological polar surface area (TPSA) is 63.4 Å². The first-order valence-electron chi connectivity index (χ1n) is 5.26. The van der Waals surface area contributed by atoms with E-state index in [1.54, 1.807) is 6.07 Å². The number of aryl methyl sites for hydroxylation is 1. The van der Waals surface area contributed by atoms with E-state index >= 15 is 0 Å². The molecular weight excluding hydrogens is 244 g/mol. The Morgan fingerprint density at radius 1 is 1.38 bits per heavy atom. The molecule has 0 aliphatic rings. The summed E-state index contributed by atoms with van der Waals surface area (Å²) in [7, 11) is -3.32. The van der Waals surface area contributed by atoms with Crippen LogP contribution < -0.4 is 5.73 Å². The third-order valence-electron chi connectivity index (χ3n) is 2.48. The molecule has 0 amide bonds. The van der Waals surface area contributed by atoms with Gasteiger partial charge in [-0.05, 0) is 18.6 Å². The number of hydrogen-bond acceptors (Lipinski definition) is 4. The summed E-state index contributed by atoms with van der Waals surface area (Å²) in [6, 6.07) is 1.71. The third-order valence-corrected chi connectivity index (χ3v) is 6.24. The normalized spacial score (nSPS) is 12.3. The molecule has 6 heteroatoms. The molecule has 0 aromatic carbocycles. The van der Waals surface area contributed by atoms with Gasteiger partial charge < -0.3 is 5.73 Å². The lowest BCUT2D eigenvalue weighted by atomic mass is 10.3. The number of nitrogens with zero attached hydrogens (tertiary/aromatic N) is 1. The molecule has 1 heterocycles. The zero-order chi connectivity index (χ0) is 12.3. The van der Waals surface area contributed by atoms with Gasteiger partial charge in [-0.1, -0.05) is 13.8 Å². The fourth-order valence-electron chi connectivity index (χ4n) is 1.51. The van der Waals surface area contributed by atoms with E-state index in [2.05, 4.69) is 0 Å². The van der Waals surface area contributed by atoms with E-state index in [-0.39, 0.29) is 0 Å². The summed E-state index contributed by atoms with van der Waals surface area (Å²) in [4.78, 5) is 0.936. The number of thiophene rings is 1. The second-order valence-corrected chi connectivity index (χ2v) is 6.77. The molecule has 1 rings (SSSR count). The minimum absolute atomic E-state index is 0.393. The summed E-state index contributed by atoms with van der Waals surface area (Å²) in [5.74, 6) is 0. The van der Waals surface area contributed by atoms with Gasteiger partial charge in [0.2, 0.25) is 0 Å². The SMILES string of the molecule is CCN(CC)S(=O)(=O)c1cc(C)c(CN)s1. The summed E-state index contributed by atoms with van der Waals surface area (Å²) in [6.07, 6.45) is 0. The minimum Gasteiger partial charge on any atom is -0.326 e. The first-order chi connectivity index (χ1) is 7.47. The van der Waals surface area contributed by atoms with Gasteiger partial charge in [0.25, 0.3) is 10.0 Å². The van der Waals surface area contributed by atoms with Crippen LogP contribution >= 0.6 is 11.3 Å². The van der Waals surface area contributed by atoms with Crippen molar-refractivity contribution in [1.29, 1.82) is 0 Å². The predicted octanol–water partition coefficient (Wildman–Crippen LogP) is 1.55. The molecule has 0 fully saturated rings. The van der Waals surface area contributed by atoms with Gasteiger partial charge in [-0.15, -0.1) is 11.3 Å². The summed E-state index contributed by atoms with van der Waals surface area (Å²) in [5, 5.41) is 0. The molecule has 1 aromatic rings. The van der Waals surface area contributed by atoms with Crippen LogP contribution in [0, 0.1) is 6.92 Å². The van der Waals surface area contributed by atoms with Crippen molar-refractivity contribution < 1.29 is 8.42 Å². The standard InChI is InChI=1S/C10H18N2O2S2/c1-4-12(5-2)16(13,14)10-6-8(3)9(7-11)15-10/h6H,4-5,7,11H2,1-3H3. The monoisotopic (exact) mass is 262 g/mol. The highest BCUT2D eigenvalue weighted by Crippen LogP contribution is 2.27. The van der Waals surface area contributed by atoms with Crippen molar-refractivity contribution in [3.63, 3.8) is 0 Å². The lowest BCUT2D eigenvalue weighted by Crippen LogP contribution is -2.29. The van der Waals surface area contributed by atoms with Crippen molar-refractivity contribution >= 4 is 21.4 Å². The van der Waals surface area contributed by atoms with E-state index in [0.29, 0.717) is 23.8 Å². The average Bonchev–Trinajstić information content (AvgIpc) is 2.61. The number of nitrogens with two attached hydrogens (primary N) is 1. The Kier molecular flexibility index (Phi) is 4.49. The number of hydrogen-bond donors (Lipinski definition) is 1. The van der Waals surface area contributed by atoms with Crippen LogP contribution in [0.15, 0.2) is 10.3 Å².